The second-order valence-corrected chi connectivity index (χ2v) is 7.94. The van der Waals surface area contributed by atoms with Gasteiger partial charge in [-0.1, -0.05) is 43.3 Å². The standard InChI is InChI=1S/C24H28N4O3/c1-16(15-28-18(3)25-17(2)27-28)24(29)26-21(13-19-7-5-4-6-8-19)20-9-10-22-23(14-20)31-12-11-30-22/h4-10,14,16,21H,11-13,15H2,1-3H3,(H,26,29)/t16-,21-/m0/s1. The minimum Gasteiger partial charge on any atom is -0.486 e. The maximum Gasteiger partial charge on any atom is 0.225 e. The molecule has 7 nitrogen and oxygen atoms in total. The molecule has 1 aromatic heterocycles. The molecule has 2 heterocycles. The molecule has 0 bridgehead atoms. The minimum absolute atomic E-state index is 0.0247. The molecule has 0 saturated heterocycles. The third-order valence-corrected chi connectivity index (χ3v) is 5.42. The molecule has 1 N–H and O–H groups in total. The van der Waals surface area contributed by atoms with Crippen molar-refractivity contribution in [3.8, 4) is 11.5 Å². The average molecular weight is 421 g/mol. The number of aryl methyl sites for hydroxylation is 2. The van der Waals surface area contributed by atoms with Crippen molar-refractivity contribution >= 4 is 5.91 Å². The first-order chi connectivity index (χ1) is 15.0. The number of hydrogen-bond acceptors (Lipinski definition) is 5. The number of amides is 1. The number of carbonyl (C=O) groups excluding carboxylic acids is 1. The topological polar surface area (TPSA) is 78.3 Å². The normalized spacial score (nSPS) is 14.7. The highest BCUT2D eigenvalue weighted by molar-refractivity contribution is 5.78. The van der Waals surface area contributed by atoms with Gasteiger partial charge < -0.3 is 14.8 Å². The summed E-state index contributed by atoms with van der Waals surface area (Å²) in [6, 6.07) is 15.9. The molecule has 0 fully saturated rings. The number of nitrogens with one attached hydrogen (secondary N) is 1. The smallest absolute Gasteiger partial charge is 0.225 e. The largest absolute Gasteiger partial charge is 0.486 e. The lowest BCUT2D eigenvalue weighted by molar-refractivity contribution is -0.125. The molecule has 1 aliphatic rings. The number of hydrogen-bond donors (Lipinski definition) is 1. The van der Waals surface area contributed by atoms with E-state index in [0.717, 1.165) is 28.5 Å². The Hall–Kier alpha value is -3.35. The van der Waals surface area contributed by atoms with Crippen molar-refractivity contribution in [2.75, 3.05) is 13.2 Å². The van der Waals surface area contributed by atoms with E-state index in [2.05, 4.69) is 27.5 Å². The number of aromatic nitrogens is 3. The van der Waals surface area contributed by atoms with Crippen molar-refractivity contribution < 1.29 is 14.3 Å². The zero-order valence-corrected chi connectivity index (χ0v) is 18.2. The van der Waals surface area contributed by atoms with Gasteiger partial charge in [0.25, 0.3) is 0 Å². The molecule has 1 aliphatic heterocycles. The van der Waals surface area contributed by atoms with Gasteiger partial charge >= 0.3 is 0 Å². The van der Waals surface area contributed by atoms with Gasteiger partial charge in [-0.15, -0.1) is 0 Å². The molecular weight excluding hydrogens is 392 g/mol. The molecule has 31 heavy (non-hydrogen) atoms. The number of ether oxygens (including phenoxy) is 2. The molecule has 2 atom stereocenters. The Balaban J connectivity index is 1.54. The van der Waals surface area contributed by atoms with Gasteiger partial charge in [-0.2, -0.15) is 5.10 Å². The van der Waals surface area contributed by atoms with Crippen molar-refractivity contribution in [2.24, 2.45) is 5.92 Å². The fraction of sp³-hybridized carbons (Fsp3) is 0.375. The van der Waals surface area contributed by atoms with Gasteiger partial charge in [-0.05, 0) is 43.5 Å². The predicted octanol–water partition coefficient (Wildman–Crippen LogP) is 3.40. The zero-order chi connectivity index (χ0) is 21.8. The van der Waals surface area contributed by atoms with Gasteiger partial charge in [0.05, 0.1) is 18.5 Å². The highest BCUT2D eigenvalue weighted by Gasteiger charge is 2.23. The summed E-state index contributed by atoms with van der Waals surface area (Å²) in [5.74, 6) is 2.70. The van der Waals surface area contributed by atoms with E-state index in [1.54, 1.807) is 4.68 Å². The molecule has 0 unspecified atom stereocenters. The molecule has 0 aliphatic carbocycles. The molecule has 3 aromatic rings. The Labute approximate surface area is 182 Å². The summed E-state index contributed by atoms with van der Waals surface area (Å²) in [6.45, 7) is 7.23. The molecule has 0 spiro atoms. The number of carbonyl (C=O) groups is 1. The fourth-order valence-corrected chi connectivity index (χ4v) is 3.77. The van der Waals surface area contributed by atoms with E-state index in [4.69, 9.17) is 9.47 Å². The van der Waals surface area contributed by atoms with Crippen LogP contribution in [0.15, 0.2) is 48.5 Å². The van der Waals surface area contributed by atoms with E-state index in [1.165, 1.54) is 0 Å². The van der Waals surface area contributed by atoms with Gasteiger partial charge in [0.15, 0.2) is 11.5 Å². The van der Waals surface area contributed by atoms with E-state index in [1.807, 2.05) is 57.2 Å². The number of rotatable bonds is 7. The lowest BCUT2D eigenvalue weighted by atomic mass is 9.97. The molecular formula is C24H28N4O3. The number of fused-ring (bicyclic) bond motifs is 1. The van der Waals surface area contributed by atoms with Gasteiger partial charge in [0, 0.05) is 0 Å². The summed E-state index contributed by atoms with van der Waals surface area (Å²) >= 11 is 0. The van der Waals surface area contributed by atoms with Gasteiger partial charge in [0.2, 0.25) is 5.91 Å². The van der Waals surface area contributed by atoms with Crippen molar-refractivity contribution in [1.29, 1.82) is 0 Å². The molecule has 162 valence electrons. The Morgan fingerprint density at radius 1 is 1.10 bits per heavy atom. The molecule has 2 aromatic carbocycles. The predicted molar refractivity (Wildman–Crippen MR) is 117 cm³/mol. The van der Waals surface area contributed by atoms with Gasteiger partial charge in [-0.3, -0.25) is 4.79 Å². The van der Waals surface area contributed by atoms with Crippen LogP contribution in [0.1, 0.15) is 35.7 Å². The van der Waals surface area contributed by atoms with Crippen LogP contribution in [-0.2, 0) is 17.8 Å². The second kappa shape index (κ2) is 9.20. The van der Waals surface area contributed by atoms with E-state index >= 15 is 0 Å². The van der Waals surface area contributed by atoms with Crippen LogP contribution >= 0.6 is 0 Å². The first-order valence-electron chi connectivity index (χ1n) is 10.6. The van der Waals surface area contributed by atoms with Crippen LogP contribution in [-0.4, -0.2) is 33.9 Å². The van der Waals surface area contributed by atoms with Crippen LogP contribution in [0.25, 0.3) is 0 Å². The minimum atomic E-state index is -0.254. The van der Waals surface area contributed by atoms with E-state index in [9.17, 15) is 4.79 Å². The Morgan fingerprint density at radius 2 is 1.84 bits per heavy atom. The van der Waals surface area contributed by atoms with Crippen LogP contribution in [0.5, 0.6) is 11.5 Å². The molecule has 0 radical (unpaired) electrons. The lowest BCUT2D eigenvalue weighted by Gasteiger charge is -2.24. The van der Waals surface area contributed by atoms with Crippen molar-refractivity contribution in [1.82, 2.24) is 20.1 Å². The highest BCUT2D eigenvalue weighted by Crippen LogP contribution is 2.33. The summed E-state index contributed by atoms with van der Waals surface area (Å²) in [7, 11) is 0. The van der Waals surface area contributed by atoms with Gasteiger partial charge in [-0.25, -0.2) is 9.67 Å². The lowest BCUT2D eigenvalue weighted by Crippen LogP contribution is -2.36. The molecule has 1 amide bonds. The Kier molecular flexibility index (Phi) is 6.21. The monoisotopic (exact) mass is 420 g/mol. The summed E-state index contributed by atoms with van der Waals surface area (Å²) in [6.07, 6.45) is 0.681. The maximum atomic E-state index is 13.1. The number of nitrogens with zero attached hydrogens (tertiary/aromatic N) is 3. The number of benzene rings is 2. The van der Waals surface area contributed by atoms with Crippen LogP contribution < -0.4 is 14.8 Å². The second-order valence-electron chi connectivity index (χ2n) is 7.94. The molecule has 7 heteroatoms. The van der Waals surface area contributed by atoms with Crippen LogP contribution in [0, 0.1) is 19.8 Å². The third kappa shape index (κ3) is 5.05. The first kappa shape index (κ1) is 20.9. The SMILES string of the molecule is Cc1nc(C)n(C[C@H](C)C(=O)N[C@@H](Cc2ccccc2)c2ccc3c(c2)OCCO3)n1. The van der Waals surface area contributed by atoms with Crippen molar-refractivity contribution in [2.45, 2.75) is 39.8 Å². The molecule has 4 rings (SSSR count). The van der Waals surface area contributed by atoms with Crippen LogP contribution in [0.3, 0.4) is 0 Å². The van der Waals surface area contributed by atoms with Crippen LogP contribution in [0.4, 0.5) is 0 Å². The highest BCUT2D eigenvalue weighted by atomic mass is 16.6. The third-order valence-electron chi connectivity index (χ3n) is 5.42. The average Bonchev–Trinajstić information content (AvgIpc) is 3.10. The maximum absolute atomic E-state index is 13.1. The van der Waals surface area contributed by atoms with Crippen molar-refractivity contribution in [3.63, 3.8) is 0 Å². The Bertz CT molecular complexity index is 1050. The Morgan fingerprint density at radius 3 is 2.55 bits per heavy atom. The molecule has 0 saturated carbocycles. The summed E-state index contributed by atoms with van der Waals surface area (Å²) in [5.41, 5.74) is 2.14. The quantitative estimate of drug-likeness (QED) is 0.634. The summed E-state index contributed by atoms with van der Waals surface area (Å²) in [4.78, 5) is 17.4. The zero-order valence-electron chi connectivity index (χ0n) is 18.2. The fourth-order valence-electron chi connectivity index (χ4n) is 3.77. The van der Waals surface area contributed by atoms with E-state index < -0.39 is 0 Å². The van der Waals surface area contributed by atoms with Gasteiger partial charge in [0.1, 0.15) is 24.9 Å². The van der Waals surface area contributed by atoms with E-state index in [0.29, 0.717) is 32.0 Å². The van der Waals surface area contributed by atoms with Crippen LogP contribution in [0.2, 0.25) is 0 Å². The summed E-state index contributed by atoms with van der Waals surface area (Å²) < 4.78 is 13.2. The van der Waals surface area contributed by atoms with Crippen molar-refractivity contribution in [3.05, 3.63) is 71.3 Å². The summed E-state index contributed by atoms with van der Waals surface area (Å²) in [5, 5.41) is 7.62. The first-order valence-corrected chi connectivity index (χ1v) is 10.6. The van der Waals surface area contributed by atoms with E-state index in [-0.39, 0.29) is 17.9 Å².